The maximum absolute atomic E-state index is 11.1. The van der Waals surface area contributed by atoms with E-state index in [9.17, 15) is 8.42 Å². The molecule has 6 heteroatoms. The number of allylic oxidation sites excluding steroid dienone is 2. The summed E-state index contributed by atoms with van der Waals surface area (Å²) >= 11 is 0. The van der Waals surface area contributed by atoms with Crippen LogP contribution in [0.3, 0.4) is 0 Å². The van der Waals surface area contributed by atoms with Crippen molar-refractivity contribution < 1.29 is 8.42 Å². The molecule has 1 unspecified atom stereocenters. The second-order valence-corrected chi connectivity index (χ2v) is 4.32. The van der Waals surface area contributed by atoms with Crippen molar-refractivity contribution in [1.29, 1.82) is 0 Å². The van der Waals surface area contributed by atoms with Crippen LogP contribution in [0.25, 0.3) is 0 Å². The Balaban J connectivity index is 3.09. The molecule has 1 atom stereocenters. The number of hydrogen-bond donors (Lipinski definition) is 3. The highest BCUT2D eigenvalue weighted by Gasteiger charge is 2.37. The molecular formula is C6H11N3O2S. The van der Waals surface area contributed by atoms with E-state index in [1.807, 2.05) is 0 Å². The SMILES string of the molecule is NCC1(S(N)(=O)=O)C=CC=CN1. The first kappa shape index (κ1) is 9.24. The molecule has 0 spiro atoms. The van der Waals surface area contributed by atoms with Gasteiger partial charge in [-0.2, -0.15) is 0 Å². The maximum atomic E-state index is 11.1. The molecule has 5 nitrogen and oxygen atoms in total. The van der Waals surface area contributed by atoms with Crippen LogP contribution in [-0.2, 0) is 10.0 Å². The number of nitrogens with one attached hydrogen (secondary N) is 1. The Kier molecular flexibility index (Phi) is 2.22. The van der Waals surface area contributed by atoms with Crippen LogP contribution in [0.2, 0.25) is 0 Å². The van der Waals surface area contributed by atoms with Gasteiger partial charge in [0.05, 0.1) is 0 Å². The van der Waals surface area contributed by atoms with Gasteiger partial charge in [-0.15, -0.1) is 0 Å². The Hall–Kier alpha value is -0.850. The zero-order chi connectivity index (χ0) is 9.24. The number of nitrogens with two attached hydrogens (primary N) is 2. The zero-order valence-electron chi connectivity index (χ0n) is 6.40. The average molecular weight is 189 g/mol. The van der Waals surface area contributed by atoms with Crippen LogP contribution in [0, 0.1) is 0 Å². The summed E-state index contributed by atoms with van der Waals surface area (Å²) < 4.78 is 22.2. The van der Waals surface area contributed by atoms with Crippen LogP contribution in [-0.4, -0.2) is 19.8 Å². The first-order valence-corrected chi connectivity index (χ1v) is 4.91. The van der Waals surface area contributed by atoms with Crippen LogP contribution < -0.4 is 16.2 Å². The Bertz CT molecular complexity index is 320. The summed E-state index contributed by atoms with van der Waals surface area (Å²) in [5, 5.41) is 7.62. The van der Waals surface area contributed by atoms with E-state index in [-0.39, 0.29) is 6.54 Å². The molecule has 0 aromatic heterocycles. The van der Waals surface area contributed by atoms with Crippen molar-refractivity contribution in [3.05, 3.63) is 24.4 Å². The van der Waals surface area contributed by atoms with Gasteiger partial charge in [-0.1, -0.05) is 6.08 Å². The minimum absolute atomic E-state index is 0.0906. The van der Waals surface area contributed by atoms with Crippen molar-refractivity contribution in [3.8, 4) is 0 Å². The third-order valence-corrected chi connectivity index (χ3v) is 3.15. The molecular weight excluding hydrogens is 178 g/mol. The minimum atomic E-state index is -3.71. The third-order valence-electron chi connectivity index (χ3n) is 1.71. The predicted octanol–water partition coefficient (Wildman–Crippen LogP) is -1.40. The summed E-state index contributed by atoms with van der Waals surface area (Å²) in [6.45, 7) is -0.0906. The fraction of sp³-hybridized carbons (Fsp3) is 0.333. The van der Waals surface area contributed by atoms with Crippen molar-refractivity contribution in [3.63, 3.8) is 0 Å². The maximum Gasteiger partial charge on any atom is 0.238 e. The van der Waals surface area contributed by atoms with Gasteiger partial charge in [0.1, 0.15) is 0 Å². The fourth-order valence-corrected chi connectivity index (χ4v) is 1.66. The van der Waals surface area contributed by atoms with E-state index in [1.54, 1.807) is 12.2 Å². The van der Waals surface area contributed by atoms with Crippen LogP contribution in [0.4, 0.5) is 0 Å². The van der Waals surface area contributed by atoms with Gasteiger partial charge in [-0.05, 0) is 18.4 Å². The van der Waals surface area contributed by atoms with Crippen LogP contribution in [0.1, 0.15) is 0 Å². The lowest BCUT2D eigenvalue weighted by Gasteiger charge is -2.28. The van der Waals surface area contributed by atoms with Crippen LogP contribution in [0.5, 0.6) is 0 Å². The van der Waals surface area contributed by atoms with E-state index >= 15 is 0 Å². The Labute approximate surface area is 71.2 Å². The molecule has 0 saturated heterocycles. The largest absolute Gasteiger partial charge is 0.367 e. The Morgan fingerprint density at radius 2 is 2.08 bits per heavy atom. The van der Waals surface area contributed by atoms with Gasteiger partial charge in [0, 0.05) is 6.54 Å². The van der Waals surface area contributed by atoms with Crippen molar-refractivity contribution in [1.82, 2.24) is 5.32 Å². The molecule has 0 saturated carbocycles. The lowest BCUT2D eigenvalue weighted by Crippen LogP contribution is -2.57. The Morgan fingerprint density at radius 3 is 2.33 bits per heavy atom. The number of primary sulfonamides is 1. The monoisotopic (exact) mass is 189 g/mol. The van der Waals surface area contributed by atoms with Gasteiger partial charge < -0.3 is 11.1 Å². The molecule has 12 heavy (non-hydrogen) atoms. The number of sulfonamides is 1. The molecule has 0 aromatic carbocycles. The summed E-state index contributed by atoms with van der Waals surface area (Å²) in [7, 11) is -3.71. The van der Waals surface area contributed by atoms with E-state index in [0.717, 1.165) is 0 Å². The molecule has 0 bridgehead atoms. The quantitative estimate of drug-likeness (QED) is 0.497. The van der Waals surface area contributed by atoms with Gasteiger partial charge in [0.2, 0.25) is 10.0 Å². The molecule has 0 radical (unpaired) electrons. The lowest BCUT2D eigenvalue weighted by atomic mass is 10.2. The van der Waals surface area contributed by atoms with Gasteiger partial charge in [-0.25, -0.2) is 13.6 Å². The van der Waals surface area contributed by atoms with Crippen molar-refractivity contribution in [2.24, 2.45) is 10.9 Å². The minimum Gasteiger partial charge on any atom is -0.367 e. The summed E-state index contributed by atoms with van der Waals surface area (Å²) in [6, 6.07) is 0. The second-order valence-electron chi connectivity index (χ2n) is 2.50. The van der Waals surface area contributed by atoms with Crippen molar-refractivity contribution >= 4 is 10.0 Å². The summed E-state index contributed by atoms with van der Waals surface area (Å²) in [5.41, 5.74) is 5.32. The molecule has 0 aliphatic carbocycles. The van der Waals surface area contributed by atoms with E-state index in [2.05, 4.69) is 5.32 Å². The molecule has 1 aliphatic rings. The van der Waals surface area contributed by atoms with E-state index in [0.29, 0.717) is 0 Å². The molecule has 1 rings (SSSR count). The van der Waals surface area contributed by atoms with Crippen molar-refractivity contribution in [2.75, 3.05) is 6.54 Å². The van der Waals surface area contributed by atoms with Gasteiger partial charge in [-0.3, -0.25) is 0 Å². The lowest BCUT2D eigenvalue weighted by molar-refractivity contribution is 0.530. The molecule has 0 aromatic rings. The third kappa shape index (κ3) is 1.36. The summed E-state index contributed by atoms with van der Waals surface area (Å²) in [5.74, 6) is 0. The van der Waals surface area contributed by atoms with E-state index in [4.69, 9.17) is 10.9 Å². The van der Waals surface area contributed by atoms with Gasteiger partial charge in [0.25, 0.3) is 0 Å². The first-order chi connectivity index (χ1) is 5.52. The standard InChI is InChI=1S/C6H11N3O2S/c7-5-6(12(8,10)11)3-1-2-4-9-6/h1-4,9H,5,7H2,(H2,8,10,11). The molecule has 5 N–H and O–H groups in total. The Morgan fingerprint density at radius 1 is 1.42 bits per heavy atom. The van der Waals surface area contributed by atoms with E-state index in [1.165, 1.54) is 12.3 Å². The van der Waals surface area contributed by atoms with E-state index < -0.39 is 14.9 Å². The molecule has 1 heterocycles. The van der Waals surface area contributed by atoms with Gasteiger partial charge >= 0.3 is 0 Å². The molecule has 1 aliphatic heterocycles. The highest BCUT2D eigenvalue weighted by Crippen LogP contribution is 2.14. The predicted molar refractivity (Wildman–Crippen MR) is 46.3 cm³/mol. The van der Waals surface area contributed by atoms with Crippen LogP contribution in [0.15, 0.2) is 24.4 Å². The zero-order valence-corrected chi connectivity index (χ0v) is 7.21. The highest BCUT2D eigenvalue weighted by molar-refractivity contribution is 7.90. The molecule has 68 valence electrons. The normalized spacial score (nSPS) is 28.5. The van der Waals surface area contributed by atoms with Gasteiger partial charge in [0.15, 0.2) is 4.87 Å². The molecule has 0 amide bonds. The topological polar surface area (TPSA) is 98.2 Å². The number of rotatable bonds is 2. The average Bonchev–Trinajstić information content (AvgIpc) is 2.04. The van der Waals surface area contributed by atoms with Crippen LogP contribution >= 0.6 is 0 Å². The molecule has 0 fully saturated rings. The second kappa shape index (κ2) is 2.89. The highest BCUT2D eigenvalue weighted by atomic mass is 32.2. The summed E-state index contributed by atoms with van der Waals surface area (Å²) in [6.07, 6.45) is 6.19. The first-order valence-electron chi connectivity index (χ1n) is 3.36. The number of hydrogen-bond acceptors (Lipinski definition) is 4. The summed E-state index contributed by atoms with van der Waals surface area (Å²) in [4.78, 5) is -1.33. The smallest absolute Gasteiger partial charge is 0.238 e. The van der Waals surface area contributed by atoms with Crippen molar-refractivity contribution in [2.45, 2.75) is 4.87 Å². The fourth-order valence-electron chi connectivity index (χ4n) is 0.924. The number of dihydropyridines is 1.